The second-order valence-corrected chi connectivity index (χ2v) is 7.32. The molecule has 1 fully saturated rings. The summed E-state index contributed by atoms with van der Waals surface area (Å²) >= 11 is 0. The van der Waals surface area contributed by atoms with Crippen LogP contribution in [0.25, 0.3) is 11.0 Å². The van der Waals surface area contributed by atoms with Gasteiger partial charge in [-0.15, -0.1) is 0 Å². The third kappa shape index (κ3) is 4.50. The van der Waals surface area contributed by atoms with Gasteiger partial charge in [-0.25, -0.2) is 9.97 Å². The minimum Gasteiger partial charge on any atom is -0.353 e. The number of pyridine rings is 1. The van der Waals surface area contributed by atoms with Crippen LogP contribution in [-0.2, 0) is 18.5 Å². The highest BCUT2D eigenvalue weighted by Gasteiger charge is 2.40. The van der Waals surface area contributed by atoms with E-state index >= 15 is 0 Å². The van der Waals surface area contributed by atoms with Gasteiger partial charge in [0.2, 0.25) is 5.95 Å². The first-order valence-electron chi connectivity index (χ1n) is 9.45. The van der Waals surface area contributed by atoms with E-state index in [0.717, 1.165) is 12.1 Å². The van der Waals surface area contributed by atoms with Crippen molar-refractivity contribution in [2.24, 2.45) is 0 Å². The van der Waals surface area contributed by atoms with E-state index < -0.39 is 46.3 Å². The molecule has 5 nitrogen and oxygen atoms in total. The summed E-state index contributed by atoms with van der Waals surface area (Å²) in [6.07, 6.45) is -13.5. The summed E-state index contributed by atoms with van der Waals surface area (Å²) in [6.45, 7) is 0.191. The maximum absolute atomic E-state index is 13.4. The number of benzene rings is 1. The number of aromatic amines is 1. The summed E-state index contributed by atoms with van der Waals surface area (Å²) in [6, 6.07) is 2.60. The topological polar surface area (TPSA) is 48.1 Å². The number of nitrogens with one attached hydrogen (secondary N) is 1. The van der Waals surface area contributed by atoms with Crippen LogP contribution in [0.3, 0.4) is 0 Å². The van der Waals surface area contributed by atoms with Crippen molar-refractivity contribution in [2.75, 3.05) is 36.0 Å². The molecule has 14 heteroatoms. The number of alkyl halides is 9. The number of nitrogens with zero attached hydrogens (tertiary/aromatic N) is 4. The van der Waals surface area contributed by atoms with Crippen LogP contribution in [0.15, 0.2) is 30.5 Å². The number of piperazine rings is 1. The molecule has 0 aliphatic carbocycles. The smallest absolute Gasteiger partial charge is 0.353 e. The number of imidazole rings is 1. The molecule has 0 atom stereocenters. The molecule has 0 radical (unpaired) electrons. The van der Waals surface area contributed by atoms with Crippen LogP contribution in [0.1, 0.15) is 16.7 Å². The molecule has 0 unspecified atom stereocenters. The molecule has 1 aliphatic heterocycles. The zero-order valence-electron chi connectivity index (χ0n) is 16.4. The Hall–Kier alpha value is -3.19. The minimum atomic E-state index is -5.07. The third-order valence-corrected chi connectivity index (χ3v) is 5.18. The van der Waals surface area contributed by atoms with Crippen LogP contribution in [0.5, 0.6) is 0 Å². The number of aromatic nitrogens is 3. The number of H-pyrrole nitrogens is 1. The van der Waals surface area contributed by atoms with E-state index in [2.05, 4.69) is 15.0 Å². The molecule has 3 heterocycles. The van der Waals surface area contributed by atoms with Crippen LogP contribution in [0, 0.1) is 0 Å². The predicted molar refractivity (Wildman–Crippen MR) is 99.8 cm³/mol. The molecule has 0 saturated carbocycles. The average Bonchev–Trinajstić information content (AvgIpc) is 3.15. The highest BCUT2D eigenvalue weighted by atomic mass is 19.4. The fourth-order valence-corrected chi connectivity index (χ4v) is 3.63. The van der Waals surface area contributed by atoms with Crippen molar-refractivity contribution < 1.29 is 39.5 Å². The maximum atomic E-state index is 13.4. The lowest BCUT2D eigenvalue weighted by atomic mass is 10.1. The van der Waals surface area contributed by atoms with E-state index in [9.17, 15) is 39.5 Å². The Morgan fingerprint density at radius 3 is 1.94 bits per heavy atom. The Labute approximate surface area is 179 Å². The van der Waals surface area contributed by atoms with E-state index in [1.54, 1.807) is 0 Å². The van der Waals surface area contributed by atoms with Crippen molar-refractivity contribution in [2.45, 2.75) is 18.5 Å². The zero-order chi connectivity index (χ0) is 24.2. The van der Waals surface area contributed by atoms with E-state index in [1.165, 1.54) is 16.0 Å². The van der Waals surface area contributed by atoms with Gasteiger partial charge in [0.25, 0.3) is 0 Å². The first-order chi connectivity index (χ1) is 15.2. The van der Waals surface area contributed by atoms with Gasteiger partial charge in [-0.3, -0.25) is 0 Å². The molecule has 4 rings (SSSR count). The van der Waals surface area contributed by atoms with E-state index in [1.807, 2.05) is 0 Å². The molecule has 3 aromatic rings. The maximum Gasteiger partial charge on any atom is 0.419 e. The van der Waals surface area contributed by atoms with Crippen LogP contribution in [-0.4, -0.2) is 41.1 Å². The summed E-state index contributed by atoms with van der Waals surface area (Å²) in [5.74, 6) is -0.380. The standard InChI is InChI=1S/C19H14F9N5/c20-17(21,22)10-8-12(19(26,27)28)14-13(9-10)30-16(31-14)33-6-4-32(5-7-33)15-11(18(23,24)25)2-1-3-29-15/h1-3,8-9H,4-7H2,(H,30,31). The van der Waals surface area contributed by atoms with Gasteiger partial charge in [-0.1, -0.05) is 0 Å². The number of anilines is 2. The fraction of sp³-hybridized carbons (Fsp3) is 0.368. The van der Waals surface area contributed by atoms with Gasteiger partial charge in [0.1, 0.15) is 11.3 Å². The molecule has 2 aromatic heterocycles. The Kier molecular flexibility index (Phi) is 5.36. The van der Waals surface area contributed by atoms with Gasteiger partial charge >= 0.3 is 18.5 Å². The monoisotopic (exact) mass is 483 g/mol. The van der Waals surface area contributed by atoms with Crippen molar-refractivity contribution in [3.8, 4) is 0 Å². The Morgan fingerprint density at radius 2 is 1.36 bits per heavy atom. The number of halogens is 9. The zero-order valence-corrected chi connectivity index (χ0v) is 16.4. The van der Waals surface area contributed by atoms with E-state index in [4.69, 9.17) is 0 Å². The lowest BCUT2D eigenvalue weighted by Crippen LogP contribution is -2.47. The van der Waals surface area contributed by atoms with Crippen molar-refractivity contribution in [3.05, 3.63) is 47.2 Å². The number of fused-ring (bicyclic) bond motifs is 1. The molecule has 1 saturated heterocycles. The highest BCUT2D eigenvalue weighted by Crippen LogP contribution is 2.40. The second kappa shape index (κ2) is 7.70. The van der Waals surface area contributed by atoms with Gasteiger partial charge < -0.3 is 14.8 Å². The largest absolute Gasteiger partial charge is 0.419 e. The fourth-order valence-electron chi connectivity index (χ4n) is 3.63. The normalized spacial score (nSPS) is 16.0. The lowest BCUT2D eigenvalue weighted by molar-refractivity contribution is -0.142. The highest BCUT2D eigenvalue weighted by molar-refractivity contribution is 5.83. The number of rotatable bonds is 2. The van der Waals surface area contributed by atoms with Crippen molar-refractivity contribution in [3.63, 3.8) is 0 Å². The molecular formula is C19H14F9N5. The summed E-state index contributed by atoms with van der Waals surface area (Å²) in [7, 11) is 0. The Balaban J connectivity index is 1.62. The van der Waals surface area contributed by atoms with Gasteiger partial charge in [0.15, 0.2) is 0 Å². The van der Waals surface area contributed by atoms with Gasteiger partial charge in [0, 0.05) is 32.4 Å². The second-order valence-electron chi connectivity index (χ2n) is 7.32. The molecule has 1 aliphatic rings. The molecular weight excluding hydrogens is 469 g/mol. The first-order valence-corrected chi connectivity index (χ1v) is 9.45. The number of hydrogen-bond donors (Lipinski definition) is 1. The van der Waals surface area contributed by atoms with E-state index in [-0.39, 0.29) is 44.0 Å². The summed E-state index contributed by atoms with van der Waals surface area (Å²) in [4.78, 5) is 13.0. The van der Waals surface area contributed by atoms with Gasteiger partial charge in [-0.05, 0) is 24.3 Å². The predicted octanol–water partition coefficient (Wildman–Crippen LogP) is 5.34. The Bertz CT molecular complexity index is 1160. The van der Waals surface area contributed by atoms with E-state index in [0.29, 0.717) is 6.07 Å². The van der Waals surface area contributed by atoms with Gasteiger partial charge in [0.05, 0.1) is 22.2 Å². The van der Waals surface area contributed by atoms with Crippen molar-refractivity contribution >= 4 is 22.8 Å². The molecule has 0 amide bonds. The molecule has 1 aromatic carbocycles. The quantitative estimate of drug-likeness (QED) is 0.500. The minimum absolute atomic E-state index is 0.00459. The van der Waals surface area contributed by atoms with Crippen LogP contribution in [0.4, 0.5) is 51.3 Å². The van der Waals surface area contributed by atoms with Crippen LogP contribution in [0.2, 0.25) is 0 Å². The molecule has 33 heavy (non-hydrogen) atoms. The SMILES string of the molecule is FC(F)(F)c1cc(C(F)(F)F)c2nc(N3CCN(c4ncccc4C(F)(F)F)CC3)[nH]c2c1. The lowest BCUT2D eigenvalue weighted by Gasteiger charge is -2.36. The van der Waals surface area contributed by atoms with Crippen LogP contribution >= 0.6 is 0 Å². The Morgan fingerprint density at radius 1 is 0.758 bits per heavy atom. The van der Waals surface area contributed by atoms with Gasteiger partial charge in [-0.2, -0.15) is 39.5 Å². The van der Waals surface area contributed by atoms with Crippen molar-refractivity contribution in [1.82, 2.24) is 15.0 Å². The molecule has 178 valence electrons. The average molecular weight is 483 g/mol. The molecule has 0 spiro atoms. The van der Waals surface area contributed by atoms with Crippen LogP contribution < -0.4 is 9.80 Å². The molecule has 1 N–H and O–H groups in total. The summed E-state index contributed by atoms with van der Waals surface area (Å²) in [5.41, 5.74) is -5.04. The first kappa shape index (κ1) is 23.0. The summed E-state index contributed by atoms with van der Waals surface area (Å²) in [5, 5.41) is 0. The molecule has 0 bridgehead atoms. The third-order valence-electron chi connectivity index (χ3n) is 5.18. The van der Waals surface area contributed by atoms with Crippen molar-refractivity contribution in [1.29, 1.82) is 0 Å². The number of hydrogen-bond acceptors (Lipinski definition) is 4. The summed E-state index contributed by atoms with van der Waals surface area (Å²) < 4.78 is 119.